The number of hydrogen-bond acceptors (Lipinski definition) is 7. The lowest BCUT2D eigenvalue weighted by Gasteiger charge is -2.21. The number of rotatable bonds is 5. The molecule has 0 unspecified atom stereocenters. The minimum Gasteiger partial charge on any atom is -0.455 e. The van der Waals surface area contributed by atoms with E-state index in [1.165, 1.54) is 11.8 Å². The van der Waals surface area contributed by atoms with Crippen molar-refractivity contribution in [2.45, 2.75) is 10.9 Å². The number of furan rings is 1. The molecule has 0 aliphatic carbocycles. The maximum atomic E-state index is 12.6. The quantitative estimate of drug-likeness (QED) is 0.645. The van der Waals surface area contributed by atoms with E-state index in [0.717, 1.165) is 0 Å². The van der Waals surface area contributed by atoms with Crippen LogP contribution >= 0.6 is 11.8 Å². The predicted molar refractivity (Wildman–Crippen MR) is 87.6 cm³/mol. The van der Waals surface area contributed by atoms with Crippen LogP contribution in [0.3, 0.4) is 0 Å². The number of ether oxygens (including phenoxy) is 1. The maximum Gasteiger partial charge on any atom is 0.289 e. The second-order valence-corrected chi connectivity index (χ2v) is 6.40. The van der Waals surface area contributed by atoms with Crippen LogP contribution in [0.25, 0.3) is 0 Å². The summed E-state index contributed by atoms with van der Waals surface area (Å²) in [5.41, 5.74) is 0. The number of carbonyl (C=O) groups is 1. The topological polar surface area (TPSA) is 88.7 Å². The van der Waals surface area contributed by atoms with Crippen molar-refractivity contribution in [1.29, 1.82) is 0 Å². The van der Waals surface area contributed by atoms with Crippen molar-refractivity contribution in [2.75, 3.05) is 32.9 Å². The molecule has 7 nitrogen and oxygen atoms in total. The van der Waals surface area contributed by atoms with Crippen LogP contribution in [0.4, 0.5) is 0 Å². The van der Waals surface area contributed by atoms with Gasteiger partial charge < -0.3 is 19.2 Å². The van der Waals surface area contributed by atoms with E-state index in [2.05, 4.69) is 9.97 Å². The normalized spacial score (nSPS) is 18.4. The molecule has 1 N–H and O–H groups in total. The Morgan fingerprint density at radius 1 is 1.38 bits per heavy atom. The summed E-state index contributed by atoms with van der Waals surface area (Å²) in [7, 11) is 0. The van der Waals surface area contributed by atoms with Crippen LogP contribution in [0.5, 0.6) is 0 Å². The molecule has 24 heavy (non-hydrogen) atoms. The summed E-state index contributed by atoms with van der Waals surface area (Å²) in [5.74, 6) is 1.32. The third-order valence-electron chi connectivity index (χ3n) is 3.64. The van der Waals surface area contributed by atoms with Gasteiger partial charge in [0.2, 0.25) is 0 Å². The summed E-state index contributed by atoms with van der Waals surface area (Å²) in [6.07, 6.45) is 3.37. The van der Waals surface area contributed by atoms with Crippen LogP contribution in [-0.4, -0.2) is 58.8 Å². The van der Waals surface area contributed by atoms with Crippen molar-refractivity contribution in [2.24, 2.45) is 5.92 Å². The first-order valence-electron chi connectivity index (χ1n) is 7.72. The van der Waals surface area contributed by atoms with Gasteiger partial charge in [0.25, 0.3) is 5.91 Å². The lowest BCUT2D eigenvalue weighted by atomic mass is 10.1. The van der Waals surface area contributed by atoms with Crippen molar-refractivity contribution in [3.63, 3.8) is 0 Å². The Morgan fingerprint density at radius 2 is 2.21 bits per heavy atom. The average molecular weight is 349 g/mol. The SMILES string of the molecule is O=C(c1ccc(CSc2ncccn2)o1)N1CCOC[C@@H](CO)C1. The number of nitrogens with zero attached hydrogens (tertiary/aromatic N) is 3. The summed E-state index contributed by atoms with van der Waals surface area (Å²) in [5, 5.41) is 9.98. The molecule has 0 radical (unpaired) electrons. The Bertz CT molecular complexity index is 664. The lowest BCUT2D eigenvalue weighted by Crippen LogP contribution is -2.36. The van der Waals surface area contributed by atoms with Gasteiger partial charge >= 0.3 is 0 Å². The minimum atomic E-state index is -0.175. The zero-order valence-corrected chi connectivity index (χ0v) is 13.9. The first kappa shape index (κ1) is 16.9. The van der Waals surface area contributed by atoms with Crippen LogP contribution in [0.2, 0.25) is 0 Å². The average Bonchev–Trinajstić information content (AvgIpc) is 2.97. The van der Waals surface area contributed by atoms with E-state index in [0.29, 0.717) is 48.7 Å². The highest BCUT2D eigenvalue weighted by molar-refractivity contribution is 7.98. The molecule has 1 aliphatic heterocycles. The van der Waals surface area contributed by atoms with Gasteiger partial charge in [-0.25, -0.2) is 9.97 Å². The summed E-state index contributed by atoms with van der Waals surface area (Å²) >= 11 is 1.45. The maximum absolute atomic E-state index is 12.6. The number of amides is 1. The molecule has 3 heterocycles. The number of aliphatic hydroxyl groups is 1. The Labute approximate surface area is 144 Å². The van der Waals surface area contributed by atoms with Crippen molar-refractivity contribution in [3.8, 4) is 0 Å². The first-order chi connectivity index (χ1) is 11.8. The van der Waals surface area contributed by atoms with Crippen LogP contribution in [0.1, 0.15) is 16.3 Å². The molecule has 2 aromatic rings. The summed E-state index contributed by atoms with van der Waals surface area (Å²) in [6.45, 7) is 1.91. The molecule has 0 aromatic carbocycles. The minimum absolute atomic E-state index is 0.000893. The van der Waals surface area contributed by atoms with Gasteiger partial charge in [-0.1, -0.05) is 11.8 Å². The highest BCUT2D eigenvalue weighted by Crippen LogP contribution is 2.21. The van der Waals surface area contributed by atoms with Gasteiger partial charge in [-0.15, -0.1) is 0 Å². The Hall–Kier alpha value is -1.90. The highest BCUT2D eigenvalue weighted by atomic mass is 32.2. The molecule has 0 saturated carbocycles. The number of hydrogen-bond donors (Lipinski definition) is 1. The zero-order chi connectivity index (χ0) is 16.8. The van der Waals surface area contributed by atoms with Crippen molar-refractivity contribution in [3.05, 3.63) is 42.1 Å². The van der Waals surface area contributed by atoms with Crippen molar-refractivity contribution in [1.82, 2.24) is 14.9 Å². The predicted octanol–water partition coefficient (Wildman–Crippen LogP) is 1.44. The third-order valence-corrected chi connectivity index (χ3v) is 4.54. The molecule has 3 rings (SSSR count). The number of aromatic nitrogens is 2. The largest absolute Gasteiger partial charge is 0.455 e. The third kappa shape index (κ3) is 4.34. The molecule has 1 atom stereocenters. The van der Waals surface area contributed by atoms with E-state index in [1.54, 1.807) is 35.5 Å². The van der Waals surface area contributed by atoms with E-state index >= 15 is 0 Å². The molecule has 1 amide bonds. The number of carbonyl (C=O) groups excluding carboxylic acids is 1. The van der Waals surface area contributed by atoms with Crippen molar-refractivity contribution < 1.29 is 19.1 Å². The second-order valence-electron chi connectivity index (χ2n) is 5.46. The first-order valence-corrected chi connectivity index (χ1v) is 8.71. The van der Waals surface area contributed by atoms with Gasteiger partial charge in [0.1, 0.15) is 5.76 Å². The standard InChI is InChI=1S/C16H19N3O4S/c20-9-12-8-19(6-7-22-10-12)15(21)14-3-2-13(23-14)11-24-16-17-4-1-5-18-16/h1-5,12,20H,6-11H2/t12-/m1/s1. The van der Waals surface area contributed by atoms with Crippen LogP contribution in [0, 0.1) is 5.92 Å². The molecule has 8 heteroatoms. The van der Waals surface area contributed by atoms with E-state index in [4.69, 9.17) is 9.15 Å². The van der Waals surface area contributed by atoms with Crippen LogP contribution in [0.15, 0.2) is 40.2 Å². The smallest absolute Gasteiger partial charge is 0.289 e. The van der Waals surface area contributed by atoms with Crippen LogP contribution in [-0.2, 0) is 10.5 Å². The molecule has 0 bridgehead atoms. The van der Waals surface area contributed by atoms with Gasteiger partial charge in [-0.2, -0.15) is 0 Å². The van der Waals surface area contributed by atoms with E-state index < -0.39 is 0 Å². The summed E-state index contributed by atoms with van der Waals surface area (Å²) < 4.78 is 11.1. The molecule has 0 spiro atoms. The Morgan fingerprint density at radius 3 is 3.00 bits per heavy atom. The van der Waals surface area contributed by atoms with E-state index in [9.17, 15) is 9.90 Å². The number of thioether (sulfide) groups is 1. The second kappa shape index (κ2) is 8.27. The Balaban J connectivity index is 1.60. The fourth-order valence-electron chi connectivity index (χ4n) is 2.40. The zero-order valence-electron chi connectivity index (χ0n) is 13.1. The Kier molecular flexibility index (Phi) is 5.84. The van der Waals surface area contributed by atoms with E-state index in [-0.39, 0.29) is 18.4 Å². The highest BCUT2D eigenvalue weighted by Gasteiger charge is 2.25. The number of aliphatic hydroxyl groups excluding tert-OH is 1. The molecule has 128 valence electrons. The fourth-order valence-corrected chi connectivity index (χ4v) is 3.09. The molecular weight excluding hydrogens is 330 g/mol. The molecule has 1 saturated heterocycles. The fraction of sp³-hybridized carbons (Fsp3) is 0.438. The summed E-state index contributed by atoms with van der Waals surface area (Å²) in [6, 6.07) is 5.24. The monoisotopic (exact) mass is 349 g/mol. The van der Waals surface area contributed by atoms with Gasteiger partial charge in [-0.05, 0) is 18.2 Å². The summed E-state index contributed by atoms with van der Waals surface area (Å²) in [4.78, 5) is 22.5. The molecule has 2 aromatic heterocycles. The van der Waals surface area contributed by atoms with Gasteiger partial charge in [0.15, 0.2) is 10.9 Å². The molecule has 1 aliphatic rings. The molecular formula is C16H19N3O4S. The van der Waals surface area contributed by atoms with Gasteiger partial charge in [0.05, 0.1) is 19.0 Å². The van der Waals surface area contributed by atoms with Crippen molar-refractivity contribution >= 4 is 17.7 Å². The molecule has 1 fully saturated rings. The van der Waals surface area contributed by atoms with E-state index in [1.807, 2.05) is 0 Å². The van der Waals surface area contributed by atoms with Gasteiger partial charge in [0, 0.05) is 38.0 Å². The van der Waals surface area contributed by atoms with Crippen LogP contribution < -0.4 is 0 Å². The lowest BCUT2D eigenvalue weighted by molar-refractivity contribution is 0.0695. The van der Waals surface area contributed by atoms with Gasteiger partial charge in [-0.3, -0.25) is 4.79 Å².